The lowest BCUT2D eigenvalue weighted by Gasteiger charge is -2.11. The Hall–Kier alpha value is -2.37. The van der Waals surface area contributed by atoms with E-state index in [1.54, 1.807) is 18.2 Å². The van der Waals surface area contributed by atoms with Gasteiger partial charge in [-0.2, -0.15) is 0 Å². The maximum absolute atomic E-state index is 11.8. The van der Waals surface area contributed by atoms with Crippen molar-refractivity contribution >= 4 is 23.5 Å². The Kier molecular flexibility index (Phi) is 5.25. The van der Waals surface area contributed by atoms with E-state index in [0.717, 1.165) is 0 Å². The topological polar surface area (TPSA) is 95.5 Å². The fourth-order valence-electron chi connectivity index (χ4n) is 1.45. The fourth-order valence-corrected chi connectivity index (χ4v) is 1.45. The smallest absolute Gasteiger partial charge is 0.315 e. The first-order valence-electron chi connectivity index (χ1n) is 6.26. The predicted molar refractivity (Wildman–Crippen MR) is 74.5 cm³/mol. The lowest BCUT2D eigenvalue weighted by atomic mass is 10.1. The lowest BCUT2D eigenvalue weighted by Crippen LogP contribution is -2.30. The molecule has 0 heterocycles. The Balaban J connectivity index is 2.81. The van der Waals surface area contributed by atoms with Gasteiger partial charge in [0.2, 0.25) is 5.91 Å². The van der Waals surface area contributed by atoms with Crippen molar-refractivity contribution in [3.63, 3.8) is 0 Å². The van der Waals surface area contributed by atoms with Gasteiger partial charge < -0.3 is 15.7 Å². The van der Waals surface area contributed by atoms with E-state index in [2.05, 4.69) is 10.6 Å². The molecule has 6 heteroatoms. The van der Waals surface area contributed by atoms with Crippen LogP contribution < -0.4 is 10.6 Å². The Bertz CT molecular complexity index is 526. The molecule has 1 unspecified atom stereocenters. The summed E-state index contributed by atoms with van der Waals surface area (Å²) in [5, 5.41) is 14.0. The molecule has 0 aliphatic rings. The highest BCUT2D eigenvalue weighted by atomic mass is 16.4. The van der Waals surface area contributed by atoms with Crippen LogP contribution in [0.1, 0.15) is 31.1 Å². The van der Waals surface area contributed by atoms with Crippen LogP contribution in [0.2, 0.25) is 0 Å². The summed E-state index contributed by atoms with van der Waals surface area (Å²) < 4.78 is 0. The van der Waals surface area contributed by atoms with Gasteiger partial charge in [-0.15, -0.1) is 0 Å². The van der Waals surface area contributed by atoms with Crippen LogP contribution in [0.15, 0.2) is 24.3 Å². The number of anilines is 1. The molecule has 0 radical (unpaired) electrons. The zero-order valence-corrected chi connectivity index (χ0v) is 11.6. The molecule has 2 amide bonds. The zero-order valence-electron chi connectivity index (χ0n) is 11.6. The average Bonchev–Trinajstić information content (AvgIpc) is 2.37. The first kappa shape index (κ1) is 15.7. The number of hydrogen-bond acceptors (Lipinski definition) is 3. The van der Waals surface area contributed by atoms with Crippen molar-refractivity contribution in [2.75, 3.05) is 5.32 Å². The van der Waals surface area contributed by atoms with Gasteiger partial charge in [0.1, 0.15) is 5.92 Å². The molecule has 0 aliphatic carbocycles. The first-order chi connectivity index (χ1) is 9.31. The molecule has 1 atom stereocenters. The molecule has 0 spiro atoms. The Labute approximate surface area is 117 Å². The quantitative estimate of drug-likeness (QED) is 0.711. The van der Waals surface area contributed by atoms with Gasteiger partial charge in [-0.3, -0.25) is 14.4 Å². The Morgan fingerprint density at radius 2 is 1.80 bits per heavy atom. The molecule has 0 saturated carbocycles. The highest BCUT2D eigenvalue weighted by molar-refractivity contribution is 6.04. The van der Waals surface area contributed by atoms with Gasteiger partial charge >= 0.3 is 5.97 Å². The van der Waals surface area contributed by atoms with Crippen molar-refractivity contribution in [2.24, 2.45) is 5.92 Å². The number of carboxylic acids is 1. The maximum atomic E-state index is 11.8. The first-order valence-corrected chi connectivity index (χ1v) is 6.26. The van der Waals surface area contributed by atoms with Crippen molar-refractivity contribution < 1.29 is 19.5 Å². The standard InChI is InChI=1S/C14H18N2O4/c1-8(2)15-13(18)10-5-4-6-11(7-10)16-12(17)9(3)14(19)20/h4-9H,1-3H3,(H,15,18)(H,16,17)(H,19,20). The summed E-state index contributed by atoms with van der Waals surface area (Å²) in [4.78, 5) is 34.1. The summed E-state index contributed by atoms with van der Waals surface area (Å²) in [7, 11) is 0. The summed E-state index contributed by atoms with van der Waals surface area (Å²) in [5.41, 5.74) is 0.791. The summed E-state index contributed by atoms with van der Waals surface area (Å²) >= 11 is 0. The molecule has 0 saturated heterocycles. The molecule has 108 valence electrons. The van der Waals surface area contributed by atoms with Crippen molar-refractivity contribution in [2.45, 2.75) is 26.8 Å². The van der Waals surface area contributed by atoms with Crippen molar-refractivity contribution in [1.29, 1.82) is 0 Å². The molecule has 6 nitrogen and oxygen atoms in total. The molecule has 1 aromatic rings. The molecule has 1 rings (SSSR count). The van der Waals surface area contributed by atoms with E-state index >= 15 is 0 Å². The minimum Gasteiger partial charge on any atom is -0.481 e. The molecule has 1 aromatic carbocycles. The summed E-state index contributed by atoms with van der Waals surface area (Å²) in [6, 6.07) is 6.35. The van der Waals surface area contributed by atoms with Gasteiger partial charge in [-0.05, 0) is 39.0 Å². The normalized spacial score (nSPS) is 11.8. The van der Waals surface area contributed by atoms with E-state index in [1.165, 1.54) is 13.0 Å². The van der Waals surface area contributed by atoms with Gasteiger partial charge in [0, 0.05) is 17.3 Å². The van der Waals surface area contributed by atoms with E-state index in [4.69, 9.17) is 5.11 Å². The largest absolute Gasteiger partial charge is 0.481 e. The van der Waals surface area contributed by atoms with Crippen molar-refractivity contribution in [3.8, 4) is 0 Å². The number of carbonyl (C=O) groups excluding carboxylic acids is 2. The number of carbonyl (C=O) groups is 3. The van der Waals surface area contributed by atoms with Gasteiger partial charge in [-0.1, -0.05) is 6.07 Å². The summed E-state index contributed by atoms with van der Waals surface area (Å²) in [6.45, 7) is 4.99. The number of aliphatic carboxylic acids is 1. The summed E-state index contributed by atoms with van der Waals surface area (Å²) in [5.74, 6) is -3.22. The molecule has 0 aromatic heterocycles. The second-order valence-corrected chi connectivity index (χ2v) is 4.76. The molecular weight excluding hydrogens is 260 g/mol. The highest BCUT2D eigenvalue weighted by Crippen LogP contribution is 2.12. The Morgan fingerprint density at radius 3 is 2.35 bits per heavy atom. The van der Waals surface area contributed by atoms with Gasteiger partial charge in [-0.25, -0.2) is 0 Å². The SMILES string of the molecule is CC(C)NC(=O)c1cccc(NC(=O)C(C)C(=O)O)c1. The molecule has 0 bridgehead atoms. The second kappa shape index (κ2) is 6.70. The van der Waals surface area contributed by atoms with Gasteiger partial charge in [0.05, 0.1) is 0 Å². The molecule has 0 fully saturated rings. The summed E-state index contributed by atoms with van der Waals surface area (Å²) in [6.07, 6.45) is 0. The minimum atomic E-state index is -1.20. The minimum absolute atomic E-state index is 0.00720. The molecular formula is C14H18N2O4. The van der Waals surface area contributed by atoms with E-state index in [-0.39, 0.29) is 11.9 Å². The maximum Gasteiger partial charge on any atom is 0.315 e. The predicted octanol–water partition coefficient (Wildman–Crippen LogP) is 1.48. The third-order valence-corrected chi connectivity index (χ3v) is 2.58. The number of benzene rings is 1. The van der Waals surface area contributed by atoms with Crippen LogP contribution in [-0.2, 0) is 9.59 Å². The zero-order chi connectivity index (χ0) is 15.3. The van der Waals surface area contributed by atoms with E-state index in [9.17, 15) is 14.4 Å². The van der Waals surface area contributed by atoms with Crippen LogP contribution in [0.25, 0.3) is 0 Å². The van der Waals surface area contributed by atoms with Crippen LogP contribution in [0.4, 0.5) is 5.69 Å². The van der Waals surface area contributed by atoms with Gasteiger partial charge in [0.25, 0.3) is 5.91 Å². The Morgan fingerprint density at radius 1 is 1.15 bits per heavy atom. The van der Waals surface area contributed by atoms with Gasteiger partial charge in [0.15, 0.2) is 0 Å². The molecule has 3 N–H and O–H groups in total. The molecule has 20 heavy (non-hydrogen) atoms. The van der Waals surface area contributed by atoms with E-state index in [0.29, 0.717) is 11.3 Å². The van der Waals surface area contributed by atoms with Crippen LogP contribution in [0.3, 0.4) is 0 Å². The van der Waals surface area contributed by atoms with Crippen LogP contribution in [0, 0.1) is 5.92 Å². The lowest BCUT2D eigenvalue weighted by molar-refractivity contribution is -0.144. The van der Waals surface area contributed by atoms with Crippen LogP contribution in [0.5, 0.6) is 0 Å². The second-order valence-electron chi connectivity index (χ2n) is 4.76. The fraction of sp³-hybridized carbons (Fsp3) is 0.357. The van der Waals surface area contributed by atoms with E-state index < -0.39 is 17.8 Å². The van der Waals surface area contributed by atoms with Crippen LogP contribution in [-0.4, -0.2) is 28.9 Å². The number of rotatable bonds is 5. The number of carboxylic acid groups (broad SMARTS) is 1. The average molecular weight is 278 g/mol. The monoisotopic (exact) mass is 278 g/mol. The molecule has 0 aliphatic heterocycles. The third-order valence-electron chi connectivity index (χ3n) is 2.58. The highest BCUT2D eigenvalue weighted by Gasteiger charge is 2.20. The number of nitrogens with one attached hydrogen (secondary N) is 2. The van der Waals surface area contributed by atoms with Crippen molar-refractivity contribution in [1.82, 2.24) is 5.32 Å². The van der Waals surface area contributed by atoms with Crippen LogP contribution >= 0.6 is 0 Å². The van der Waals surface area contributed by atoms with E-state index in [1.807, 2.05) is 13.8 Å². The number of amides is 2. The van der Waals surface area contributed by atoms with Crippen molar-refractivity contribution in [3.05, 3.63) is 29.8 Å². The number of hydrogen-bond donors (Lipinski definition) is 3. The third kappa shape index (κ3) is 4.38.